The molecule has 0 N–H and O–H groups in total. The summed E-state index contributed by atoms with van der Waals surface area (Å²) in [7, 11) is 0. The van der Waals surface area contributed by atoms with Crippen LogP contribution in [-0.2, 0) is 19.1 Å². The van der Waals surface area contributed by atoms with Crippen molar-refractivity contribution < 1.29 is 28.5 Å². The highest BCUT2D eigenvalue weighted by Crippen LogP contribution is 2.37. The molecule has 0 aromatic heterocycles. The Morgan fingerprint density at radius 3 is 2.86 bits per heavy atom. The molecule has 1 aromatic rings. The second-order valence-corrected chi connectivity index (χ2v) is 6.87. The topological polar surface area (TPSA) is 74.3 Å². The summed E-state index contributed by atoms with van der Waals surface area (Å²) < 4.78 is 21.8. The second-order valence-electron chi connectivity index (χ2n) is 6.87. The standard InChI is InChI=1S/C21H27NO6/c1-3-10-25-15(2)21(24)28-14-20(23)22-9-4-6-17(22)16-7-8-18-19(13-16)27-12-5-11-26-18/h3,7-8,13,15,17H,1,4-6,9-12,14H2,2H3. The number of nitrogens with zero attached hydrogens (tertiary/aromatic N) is 1. The Morgan fingerprint density at radius 1 is 1.29 bits per heavy atom. The van der Waals surface area contributed by atoms with Crippen LogP contribution in [0.15, 0.2) is 30.9 Å². The van der Waals surface area contributed by atoms with Crippen LogP contribution in [0, 0.1) is 0 Å². The van der Waals surface area contributed by atoms with Gasteiger partial charge in [-0.2, -0.15) is 0 Å². The second kappa shape index (κ2) is 9.59. The minimum atomic E-state index is -0.734. The Labute approximate surface area is 165 Å². The zero-order valence-electron chi connectivity index (χ0n) is 16.2. The quantitative estimate of drug-likeness (QED) is 0.527. The maximum atomic E-state index is 12.6. The Bertz CT molecular complexity index is 719. The van der Waals surface area contributed by atoms with Gasteiger partial charge in [0.1, 0.15) is 0 Å². The number of likely N-dealkylation sites (tertiary alicyclic amines) is 1. The number of hydrogen-bond acceptors (Lipinski definition) is 6. The van der Waals surface area contributed by atoms with Gasteiger partial charge in [-0.05, 0) is 37.5 Å². The summed E-state index contributed by atoms with van der Waals surface area (Å²) in [5.74, 6) is 0.689. The van der Waals surface area contributed by atoms with E-state index in [1.165, 1.54) is 0 Å². The Morgan fingerprint density at radius 2 is 2.07 bits per heavy atom. The van der Waals surface area contributed by atoms with Gasteiger partial charge in [-0.15, -0.1) is 6.58 Å². The lowest BCUT2D eigenvalue weighted by molar-refractivity contribution is -0.160. The van der Waals surface area contributed by atoms with Crippen LogP contribution in [0.2, 0.25) is 0 Å². The molecule has 3 rings (SSSR count). The van der Waals surface area contributed by atoms with Gasteiger partial charge in [0.2, 0.25) is 0 Å². The van der Waals surface area contributed by atoms with Crippen LogP contribution in [0.1, 0.15) is 37.8 Å². The van der Waals surface area contributed by atoms with Crippen LogP contribution in [0.3, 0.4) is 0 Å². The molecule has 1 aromatic carbocycles. The number of carbonyl (C=O) groups is 2. The number of esters is 1. The number of fused-ring (bicyclic) bond motifs is 1. The highest BCUT2D eigenvalue weighted by molar-refractivity contribution is 5.82. The molecule has 2 aliphatic rings. The Kier molecular flexibility index (Phi) is 6.92. The molecule has 152 valence electrons. The number of benzene rings is 1. The monoisotopic (exact) mass is 389 g/mol. The van der Waals surface area contributed by atoms with Crippen molar-refractivity contribution in [3.8, 4) is 11.5 Å². The fourth-order valence-corrected chi connectivity index (χ4v) is 3.41. The molecule has 0 spiro atoms. The first-order valence-corrected chi connectivity index (χ1v) is 9.68. The van der Waals surface area contributed by atoms with Gasteiger partial charge >= 0.3 is 5.97 Å². The lowest BCUT2D eigenvalue weighted by Crippen LogP contribution is -2.35. The summed E-state index contributed by atoms with van der Waals surface area (Å²) in [5.41, 5.74) is 1.00. The van der Waals surface area contributed by atoms with Crippen molar-refractivity contribution in [3.63, 3.8) is 0 Å². The molecular weight excluding hydrogens is 362 g/mol. The first kappa shape index (κ1) is 20.2. The van der Waals surface area contributed by atoms with E-state index in [9.17, 15) is 9.59 Å². The minimum absolute atomic E-state index is 0.0576. The molecule has 2 heterocycles. The van der Waals surface area contributed by atoms with E-state index in [0.717, 1.165) is 30.6 Å². The Balaban J connectivity index is 1.61. The summed E-state index contributed by atoms with van der Waals surface area (Å²) in [6, 6.07) is 5.77. The van der Waals surface area contributed by atoms with Crippen molar-refractivity contribution in [2.45, 2.75) is 38.3 Å². The Hall–Kier alpha value is -2.54. The van der Waals surface area contributed by atoms with E-state index in [1.54, 1.807) is 17.9 Å². The van der Waals surface area contributed by atoms with Gasteiger partial charge in [-0.25, -0.2) is 4.79 Å². The van der Waals surface area contributed by atoms with Gasteiger partial charge < -0.3 is 23.8 Å². The average molecular weight is 389 g/mol. The fourth-order valence-electron chi connectivity index (χ4n) is 3.41. The van der Waals surface area contributed by atoms with Crippen molar-refractivity contribution in [1.29, 1.82) is 0 Å². The summed E-state index contributed by atoms with van der Waals surface area (Å²) in [5, 5.41) is 0. The predicted octanol–water partition coefficient (Wildman–Crippen LogP) is 2.65. The lowest BCUT2D eigenvalue weighted by Gasteiger charge is -2.25. The summed E-state index contributed by atoms with van der Waals surface area (Å²) in [6.07, 6.45) is 3.43. The van der Waals surface area contributed by atoms with E-state index in [4.69, 9.17) is 18.9 Å². The van der Waals surface area contributed by atoms with Crippen molar-refractivity contribution >= 4 is 11.9 Å². The maximum Gasteiger partial charge on any atom is 0.335 e. The number of rotatable bonds is 7. The maximum absolute atomic E-state index is 12.6. The molecule has 2 unspecified atom stereocenters. The molecule has 7 nitrogen and oxygen atoms in total. The molecule has 1 fully saturated rings. The van der Waals surface area contributed by atoms with Crippen molar-refractivity contribution in [2.24, 2.45) is 0 Å². The molecule has 0 aliphatic carbocycles. The van der Waals surface area contributed by atoms with Gasteiger partial charge in [0.25, 0.3) is 5.91 Å². The third-order valence-electron chi connectivity index (χ3n) is 4.86. The highest BCUT2D eigenvalue weighted by atomic mass is 16.6. The molecule has 1 saturated heterocycles. The highest BCUT2D eigenvalue weighted by Gasteiger charge is 2.31. The van der Waals surface area contributed by atoms with Gasteiger partial charge in [0.05, 0.1) is 25.9 Å². The third-order valence-corrected chi connectivity index (χ3v) is 4.86. The summed E-state index contributed by atoms with van der Waals surface area (Å²) >= 11 is 0. The van der Waals surface area contributed by atoms with Gasteiger partial charge in [-0.3, -0.25) is 4.79 Å². The average Bonchev–Trinajstić information content (AvgIpc) is 3.08. The normalized spacial score (nSPS) is 19.6. The van der Waals surface area contributed by atoms with E-state index in [2.05, 4.69) is 6.58 Å². The van der Waals surface area contributed by atoms with Crippen LogP contribution < -0.4 is 9.47 Å². The number of hydrogen-bond donors (Lipinski definition) is 0. The van der Waals surface area contributed by atoms with Crippen LogP contribution in [0.5, 0.6) is 11.5 Å². The van der Waals surface area contributed by atoms with Crippen LogP contribution in [-0.4, -0.2) is 55.9 Å². The first-order valence-electron chi connectivity index (χ1n) is 9.68. The van der Waals surface area contributed by atoms with Gasteiger partial charge in [0, 0.05) is 13.0 Å². The molecule has 2 aliphatic heterocycles. The van der Waals surface area contributed by atoms with Crippen LogP contribution in [0.4, 0.5) is 0 Å². The molecule has 2 atom stereocenters. The molecule has 7 heteroatoms. The smallest absolute Gasteiger partial charge is 0.335 e. The summed E-state index contributed by atoms with van der Waals surface area (Å²) in [4.78, 5) is 26.3. The van der Waals surface area contributed by atoms with E-state index < -0.39 is 12.1 Å². The number of carbonyl (C=O) groups excluding carboxylic acids is 2. The van der Waals surface area contributed by atoms with Crippen molar-refractivity contribution in [1.82, 2.24) is 4.90 Å². The predicted molar refractivity (Wildman–Crippen MR) is 102 cm³/mol. The molecule has 1 amide bonds. The molecule has 0 radical (unpaired) electrons. The molecule has 0 bridgehead atoms. The number of ether oxygens (including phenoxy) is 4. The van der Waals surface area contributed by atoms with E-state index in [1.807, 2.05) is 18.2 Å². The van der Waals surface area contributed by atoms with Gasteiger partial charge in [-0.1, -0.05) is 12.1 Å². The van der Waals surface area contributed by atoms with E-state index >= 15 is 0 Å². The zero-order chi connectivity index (χ0) is 19.9. The zero-order valence-corrected chi connectivity index (χ0v) is 16.2. The fraction of sp³-hybridized carbons (Fsp3) is 0.524. The van der Waals surface area contributed by atoms with Crippen LogP contribution in [0.25, 0.3) is 0 Å². The molecule has 28 heavy (non-hydrogen) atoms. The van der Waals surface area contributed by atoms with E-state index in [0.29, 0.717) is 25.5 Å². The lowest BCUT2D eigenvalue weighted by atomic mass is 10.0. The number of amides is 1. The third kappa shape index (κ3) is 4.84. The molecule has 0 saturated carbocycles. The van der Waals surface area contributed by atoms with E-state index in [-0.39, 0.29) is 25.2 Å². The van der Waals surface area contributed by atoms with Gasteiger partial charge in [0.15, 0.2) is 24.2 Å². The minimum Gasteiger partial charge on any atom is -0.490 e. The van der Waals surface area contributed by atoms with Crippen LogP contribution >= 0.6 is 0 Å². The largest absolute Gasteiger partial charge is 0.490 e. The SMILES string of the molecule is C=CCOC(C)C(=O)OCC(=O)N1CCCC1c1ccc2c(c1)OCCCO2. The first-order chi connectivity index (χ1) is 13.6. The summed E-state index contributed by atoms with van der Waals surface area (Å²) in [6.45, 7) is 6.98. The van der Waals surface area contributed by atoms with Crippen molar-refractivity contribution in [3.05, 3.63) is 36.4 Å². The molecular formula is C21H27NO6. The van der Waals surface area contributed by atoms with Crippen molar-refractivity contribution in [2.75, 3.05) is 33.0 Å².